The molecular formula is C12H17BrN2O2. The molecule has 1 amide bonds. The number of aromatic nitrogens is 1. The van der Waals surface area contributed by atoms with E-state index in [1.165, 1.54) is 12.3 Å². The highest BCUT2D eigenvalue weighted by Crippen LogP contribution is 2.05. The van der Waals surface area contributed by atoms with Crippen LogP contribution in [-0.4, -0.2) is 34.2 Å². The summed E-state index contributed by atoms with van der Waals surface area (Å²) in [4.78, 5) is 28.4. The van der Waals surface area contributed by atoms with Crippen molar-refractivity contribution < 1.29 is 4.79 Å². The Kier molecular flexibility index (Phi) is 4.93. The molecule has 0 fully saturated rings. The van der Waals surface area contributed by atoms with Crippen molar-refractivity contribution in [3.8, 4) is 0 Å². The third-order valence-electron chi connectivity index (χ3n) is 2.50. The minimum Gasteiger partial charge on any atom is -0.364 e. The molecule has 0 aliphatic carbocycles. The van der Waals surface area contributed by atoms with E-state index >= 15 is 0 Å². The van der Waals surface area contributed by atoms with Crippen LogP contribution in [0.3, 0.4) is 0 Å². The van der Waals surface area contributed by atoms with Crippen molar-refractivity contribution in [2.75, 3.05) is 13.6 Å². The maximum absolute atomic E-state index is 12.0. The number of halogens is 1. The van der Waals surface area contributed by atoms with Gasteiger partial charge in [0, 0.05) is 36.4 Å². The molecule has 0 aromatic carbocycles. The van der Waals surface area contributed by atoms with Gasteiger partial charge in [-0.05, 0) is 13.3 Å². The second-order valence-corrected chi connectivity index (χ2v) is 5.75. The lowest BCUT2D eigenvalue weighted by molar-refractivity contribution is 0.0792. The molecule has 0 spiro atoms. The number of amides is 1. The minimum absolute atomic E-state index is 0.195. The van der Waals surface area contributed by atoms with Gasteiger partial charge >= 0.3 is 0 Å². The summed E-state index contributed by atoms with van der Waals surface area (Å²) in [6.45, 7) is 4.43. The highest BCUT2D eigenvalue weighted by molar-refractivity contribution is 9.09. The molecule has 1 atom stereocenters. The molecule has 17 heavy (non-hydrogen) atoms. The molecule has 94 valence electrons. The van der Waals surface area contributed by atoms with E-state index in [0.29, 0.717) is 11.4 Å². The number of aromatic amines is 1. The third-order valence-corrected chi connectivity index (χ3v) is 2.95. The van der Waals surface area contributed by atoms with Crippen LogP contribution < -0.4 is 5.43 Å². The van der Waals surface area contributed by atoms with E-state index < -0.39 is 0 Å². The third kappa shape index (κ3) is 4.00. The Morgan fingerprint density at radius 2 is 2.24 bits per heavy atom. The molecule has 0 aliphatic rings. The fourth-order valence-electron chi connectivity index (χ4n) is 1.42. The Labute approximate surface area is 109 Å². The van der Waals surface area contributed by atoms with E-state index in [0.717, 1.165) is 12.1 Å². The van der Waals surface area contributed by atoms with Crippen molar-refractivity contribution in [1.82, 2.24) is 9.88 Å². The highest BCUT2D eigenvalue weighted by Gasteiger charge is 2.15. The van der Waals surface area contributed by atoms with Crippen molar-refractivity contribution in [1.29, 1.82) is 0 Å². The lowest BCUT2D eigenvalue weighted by Gasteiger charge is -2.17. The van der Waals surface area contributed by atoms with Crippen LogP contribution in [0, 0.1) is 6.92 Å². The second-order valence-electron chi connectivity index (χ2n) is 4.19. The molecule has 4 nitrogen and oxygen atoms in total. The number of hydrogen-bond donors (Lipinski definition) is 1. The summed E-state index contributed by atoms with van der Waals surface area (Å²) in [6.07, 6.45) is 2.33. The van der Waals surface area contributed by atoms with E-state index in [4.69, 9.17) is 0 Å². The van der Waals surface area contributed by atoms with Crippen LogP contribution in [0.15, 0.2) is 17.1 Å². The van der Waals surface area contributed by atoms with Gasteiger partial charge in [0.25, 0.3) is 5.91 Å². The van der Waals surface area contributed by atoms with Gasteiger partial charge in [-0.1, -0.05) is 22.9 Å². The average molecular weight is 301 g/mol. The van der Waals surface area contributed by atoms with Gasteiger partial charge in [-0.2, -0.15) is 0 Å². The molecular weight excluding hydrogens is 284 g/mol. The van der Waals surface area contributed by atoms with Crippen molar-refractivity contribution in [3.63, 3.8) is 0 Å². The molecule has 0 aliphatic heterocycles. The van der Waals surface area contributed by atoms with Gasteiger partial charge in [-0.15, -0.1) is 0 Å². The van der Waals surface area contributed by atoms with Crippen molar-refractivity contribution in [2.45, 2.75) is 25.1 Å². The van der Waals surface area contributed by atoms with E-state index in [-0.39, 0.29) is 16.9 Å². The fourth-order valence-corrected chi connectivity index (χ4v) is 1.62. The smallest absolute Gasteiger partial charge is 0.259 e. The quantitative estimate of drug-likeness (QED) is 0.864. The van der Waals surface area contributed by atoms with Crippen LogP contribution in [0.25, 0.3) is 0 Å². The van der Waals surface area contributed by atoms with Crippen molar-refractivity contribution in [3.05, 3.63) is 33.7 Å². The van der Waals surface area contributed by atoms with E-state index in [9.17, 15) is 9.59 Å². The number of nitrogens with zero attached hydrogens (tertiary/aromatic N) is 1. The summed E-state index contributed by atoms with van der Waals surface area (Å²) in [5.74, 6) is -0.237. The van der Waals surface area contributed by atoms with Gasteiger partial charge in [0.05, 0.1) is 0 Å². The monoisotopic (exact) mass is 300 g/mol. The van der Waals surface area contributed by atoms with Crippen LogP contribution in [0.2, 0.25) is 0 Å². The molecule has 1 aromatic heterocycles. The lowest BCUT2D eigenvalue weighted by Crippen LogP contribution is -2.32. The van der Waals surface area contributed by atoms with Gasteiger partial charge in [0.15, 0.2) is 5.43 Å². The number of hydrogen-bond acceptors (Lipinski definition) is 2. The Bertz CT molecular complexity index is 454. The SMILES string of the molecule is Cc1cc(=O)c(C(=O)N(C)CCC(C)Br)c[nH]1. The normalized spacial score (nSPS) is 12.2. The predicted octanol–water partition coefficient (Wildman–Crippen LogP) is 1.93. The van der Waals surface area contributed by atoms with Crippen molar-refractivity contribution >= 4 is 21.8 Å². The van der Waals surface area contributed by atoms with Crippen LogP contribution in [0.4, 0.5) is 0 Å². The summed E-state index contributed by atoms with van der Waals surface area (Å²) in [5.41, 5.74) is 0.716. The number of H-pyrrole nitrogens is 1. The zero-order chi connectivity index (χ0) is 13.0. The zero-order valence-electron chi connectivity index (χ0n) is 10.3. The minimum atomic E-state index is -0.237. The first-order valence-corrected chi connectivity index (χ1v) is 6.42. The maximum atomic E-state index is 12.0. The molecule has 1 rings (SSSR count). The standard InChI is InChI=1S/C12H17BrN2O2/c1-8(13)4-5-15(3)12(17)10-7-14-9(2)6-11(10)16/h6-8H,4-5H2,1-3H3,(H,14,16). The summed E-state index contributed by atoms with van der Waals surface area (Å²) >= 11 is 3.43. The van der Waals surface area contributed by atoms with Gasteiger partial charge in [0.1, 0.15) is 5.56 Å². The summed E-state index contributed by atoms with van der Waals surface area (Å²) in [5, 5.41) is 0. The van der Waals surface area contributed by atoms with Gasteiger partial charge in [0.2, 0.25) is 0 Å². The van der Waals surface area contributed by atoms with Gasteiger partial charge in [-0.25, -0.2) is 0 Å². The van der Waals surface area contributed by atoms with Crippen molar-refractivity contribution in [2.24, 2.45) is 0 Å². The number of aryl methyl sites for hydroxylation is 1. The zero-order valence-corrected chi connectivity index (χ0v) is 11.9. The second kappa shape index (κ2) is 6.00. The number of pyridine rings is 1. The molecule has 1 N–H and O–H groups in total. The number of nitrogens with one attached hydrogen (secondary N) is 1. The number of alkyl halides is 1. The van der Waals surface area contributed by atoms with Crippen LogP contribution >= 0.6 is 15.9 Å². The largest absolute Gasteiger partial charge is 0.364 e. The Balaban J connectivity index is 2.78. The fraction of sp³-hybridized carbons (Fsp3) is 0.500. The first kappa shape index (κ1) is 14.0. The topological polar surface area (TPSA) is 53.2 Å². The predicted molar refractivity (Wildman–Crippen MR) is 71.8 cm³/mol. The molecule has 1 aromatic rings. The van der Waals surface area contributed by atoms with E-state index in [1.54, 1.807) is 18.9 Å². The molecule has 0 saturated carbocycles. The molecule has 5 heteroatoms. The number of rotatable bonds is 4. The van der Waals surface area contributed by atoms with E-state index in [2.05, 4.69) is 20.9 Å². The van der Waals surface area contributed by atoms with Crippen LogP contribution in [0.5, 0.6) is 0 Å². The van der Waals surface area contributed by atoms with Crippen LogP contribution in [0.1, 0.15) is 29.4 Å². The van der Waals surface area contributed by atoms with Crippen LogP contribution in [-0.2, 0) is 0 Å². The summed E-state index contributed by atoms with van der Waals surface area (Å²) in [7, 11) is 1.71. The Hall–Kier alpha value is -1.10. The Morgan fingerprint density at radius 1 is 1.59 bits per heavy atom. The number of carbonyl (C=O) groups is 1. The molecule has 1 heterocycles. The van der Waals surface area contributed by atoms with Gasteiger partial charge < -0.3 is 9.88 Å². The van der Waals surface area contributed by atoms with Gasteiger partial charge in [-0.3, -0.25) is 9.59 Å². The number of carbonyl (C=O) groups excluding carboxylic acids is 1. The first-order chi connectivity index (χ1) is 7.91. The Morgan fingerprint density at radius 3 is 2.76 bits per heavy atom. The molecule has 1 unspecified atom stereocenters. The first-order valence-electron chi connectivity index (χ1n) is 5.50. The molecule has 0 saturated heterocycles. The molecule has 0 radical (unpaired) electrons. The molecule has 0 bridgehead atoms. The lowest BCUT2D eigenvalue weighted by atomic mass is 10.2. The maximum Gasteiger partial charge on any atom is 0.259 e. The van der Waals surface area contributed by atoms with E-state index in [1.807, 2.05) is 6.92 Å². The average Bonchev–Trinajstić information content (AvgIpc) is 2.25. The highest BCUT2D eigenvalue weighted by atomic mass is 79.9. The summed E-state index contributed by atoms with van der Waals surface area (Å²) in [6, 6.07) is 1.44. The summed E-state index contributed by atoms with van der Waals surface area (Å²) < 4.78 is 0.